The van der Waals surface area contributed by atoms with Crippen molar-refractivity contribution in [3.8, 4) is 0 Å². The lowest BCUT2D eigenvalue weighted by Gasteiger charge is -2.22. The molecule has 1 aromatic rings. The maximum absolute atomic E-state index is 11.9. The highest BCUT2D eigenvalue weighted by molar-refractivity contribution is 6.08. The highest BCUT2D eigenvalue weighted by atomic mass is 16.5. The van der Waals surface area contributed by atoms with Crippen molar-refractivity contribution in [3.63, 3.8) is 0 Å². The number of rotatable bonds is 2. The van der Waals surface area contributed by atoms with Gasteiger partial charge in [0, 0.05) is 5.41 Å². The number of carbonyl (C=O) groups excluding carboxylic acids is 1. The van der Waals surface area contributed by atoms with E-state index in [0.717, 1.165) is 11.3 Å². The van der Waals surface area contributed by atoms with Crippen molar-refractivity contribution in [2.45, 2.75) is 49.0 Å². The van der Waals surface area contributed by atoms with E-state index in [0.29, 0.717) is 6.61 Å². The molecule has 0 N–H and O–H groups in total. The molecule has 3 heteroatoms. The van der Waals surface area contributed by atoms with E-state index in [-0.39, 0.29) is 18.3 Å². The van der Waals surface area contributed by atoms with Gasteiger partial charge >= 0.3 is 6.09 Å². The van der Waals surface area contributed by atoms with Crippen molar-refractivity contribution >= 4 is 11.8 Å². The van der Waals surface area contributed by atoms with Crippen LogP contribution in [0.2, 0.25) is 0 Å². The predicted molar refractivity (Wildman–Crippen MR) is 90.0 cm³/mol. The van der Waals surface area contributed by atoms with E-state index in [1.807, 2.05) is 71.9 Å². The van der Waals surface area contributed by atoms with Gasteiger partial charge in [-0.2, -0.15) is 4.99 Å². The lowest BCUT2D eigenvalue weighted by molar-refractivity contribution is 0.115. The average molecular weight is 291 g/mol. The highest BCUT2D eigenvalue weighted by Gasteiger charge is 2.23. The van der Waals surface area contributed by atoms with Crippen LogP contribution in [0.1, 0.15) is 54.5 Å². The molecule has 0 aliphatic heterocycles. The van der Waals surface area contributed by atoms with Crippen LogP contribution in [0.4, 0.5) is 4.79 Å². The van der Waals surface area contributed by atoms with E-state index >= 15 is 0 Å². The Labute approximate surface area is 129 Å². The van der Waals surface area contributed by atoms with Gasteiger partial charge in [0.1, 0.15) is 0 Å². The van der Waals surface area contributed by atoms with Crippen molar-refractivity contribution in [3.05, 3.63) is 35.9 Å². The molecule has 1 rings (SSSR count). The van der Waals surface area contributed by atoms with E-state index in [2.05, 4.69) is 4.99 Å². The van der Waals surface area contributed by atoms with Gasteiger partial charge in [0.2, 0.25) is 0 Å². The zero-order valence-electron chi connectivity index (χ0n) is 13.4. The smallest absolute Gasteiger partial charge is 0.433 e. The molecule has 0 unspecified atom stereocenters. The Morgan fingerprint density at radius 3 is 2.00 bits per heavy atom. The second-order valence-corrected chi connectivity index (χ2v) is 7.19. The molecule has 0 spiro atoms. The molecule has 118 valence electrons. The second kappa shape index (κ2) is 7.39. The van der Waals surface area contributed by atoms with Crippen LogP contribution in [-0.4, -0.2) is 18.4 Å². The molecule has 0 bridgehead atoms. The van der Waals surface area contributed by atoms with Gasteiger partial charge in [-0.05, 0) is 11.0 Å². The number of aliphatic imine (C=N–C) groups is 1. The highest BCUT2D eigenvalue weighted by Crippen LogP contribution is 2.22. The van der Waals surface area contributed by atoms with Gasteiger partial charge in [-0.3, -0.25) is 0 Å². The lowest BCUT2D eigenvalue weighted by atomic mass is 9.85. The number of benzene rings is 1. The molecular weight excluding hydrogens is 262 g/mol. The maximum atomic E-state index is 11.9. The lowest BCUT2D eigenvalue weighted by Crippen LogP contribution is -2.24. The molecule has 21 heavy (non-hydrogen) atoms. The number of carbonyl (C=O) groups is 1. The van der Waals surface area contributed by atoms with Crippen LogP contribution in [0.25, 0.3) is 0 Å². The summed E-state index contributed by atoms with van der Waals surface area (Å²) >= 11 is 0. The largest absolute Gasteiger partial charge is 0.447 e. The second-order valence-electron chi connectivity index (χ2n) is 7.19. The number of nitrogens with zero attached hydrogens (tertiary/aromatic N) is 1. The molecule has 0 saturated carbocycles. The third kappa shape index (κ3) is 7.07. The molecule has 0 saturated heterocycles. The standard InChI is InChI=1S/C17H25NO2.CH4/c1-16(2,3)12-20-15(19)18-14(17(4,5)6)13-10-8-7-9-11-13;/h7-11H,12H2,1-6H3;1H4. The molecule has 0 aliphatic rings. The molecule has 0 heterocycles. The molecule has 0 fully saturated rings. The van der Waals surface area contributed by atoms with Crippen molar-refractivity contribution in [2.75, 3.05) is 6.61 Å². The summed E-state index contributed by atoms with van der Waals surface area (Å²) in [6, 6.07) is 9.75. The third-order valence-electron chi connectivity index (χ3n) is 2.59. The van der Waals surface area contributed by atoms with Crippen LogP contribution >= 0.6 is 0 Å². The van der Waals surface area contributed by atoms with Gasteiger partial charge in [-0.15, -0.1) is 0 Å². The van der Waals surface area contributed by atoms with Gasteiger partial charge in [0.15, 0.2) is 0 Å². The number of amides is 1. The predicted octanol–water partition coefficient (Wildman–Crippen LogP) is 5.34. The molecule has 0 aliphatic carbocycles. The average Bonchev–Trinajstić information content (AvgIpc) is 2.32. The topological polar surface area (TPSA) is 38.7 Å². The van der Waals surface area contributed by atoms with E-state index < -0.39 is 6.09 Å². The van der Waals surface area contributed by atoms with Crippen LogP contribution in [-0.2, 0) is 4.74 Å². The van der Waals surface area contributed by atoms with Gasteiger partial charge < -0.3 is 4.74 Å². The summed E-state index contributed by atoms with van der Waals surface area (Å²) in [4.78, 5) is 16.1. The first-order chi connectivity index (χ1) is 9.09. The first-order valence-electron chi connectivity index (χ1n) is 6.91. The molecule has 0 radical (unpaired) electrons. The van der Waals surface area contributed by atoms with Gasteiger partial charge in [0.25, 0.3) is 0 Å². The van der Waals surface area contributed by atoms with Crippen molar-refractivity contribution in [1.82, 2.24) is 0 Å². The van der Waals surface area contributed by atoms with E-state index in [9.17, 15) is 4.79 Å². The van der Waals surface area contributed by atoms with Gasteiger partial charge in [0.05, 0.1) is 12.3 Å². The minimum Gasteiger partial charge on any atom is -0.447 e. The SMILES string of the molecule is C.CC(C)(C)COC(=O)N=C(c1ccccc1)C(C)(C)C. The van der Waals surface area contributed by atoms with Crippen LogP contribution in [0, 0.1) is 10.8 Å². The monoisotopic (exact) mass is 291 g/mol. The summed E-state index contributed by atoms with van der Waals surface area (Å²) < 4.78 is 5.23. The van der Waals surface area contributed by atoms with Gasteiger partial charge in [-0.25, -0.2) is 4.79 Å². The van der Waals surface area contributed by atoms with Crippen molar-refractivity contribution in [2.24, 2.45) is 15.8 Å². The van der Waals surface area contributed by atoms with Gasteiger partial charge in [-0.1, -0.05) is 79.3 Å². The Balaban J connectivity index is 0.00000400. The third-order valence-corrected chi connectivity index (χ3v) is 2.59. The number of hydrogen-bond acceptors (Lipinski definition) is 2. The Morgan fingerprint density at radius 1 is 1.05 bits per heavy atom. The Bertz CT molecular complexity index is 476. The Hall–Kier alpha value is -1.64. The molecule has 0 atom stereocenters. The quantitative estimate of drug-likeness (QED) is 0.690. The summed E-state index contributed by atoms with van der Waals surface area (Å²) in [6.07, 6.45) is -0.520. The number of ether oxygens (including phenoxy) is 1. The normalized spacial score (nSPS) is 12.6. The molecule has 0 aromatic heterocycles. The number of hydrogen-bond donors (Lipinski definition) is 0. The zero-order valence-corrected chi connectivity index (χ0v) is 13.4. The Morgan fingerprint density at radius 2 is 1.57 bits per heavy atom. The van der Waals surface area contributed by atoms with E-state index in [1.54, 1.807) is 0 Å². The van der Waals surface area contributed by atoms with Crippen LogP contribution < -0.4 is 0 Å². The fraction of sp³-hybridized carbons (Fsp3) is 0.556. The van der Waals surface area contributed by atoms with E-state index in [1.165, 1.54) is 0 Å². The summed E-state index contributed by atoms with van der Waals surface area (Å²) in [5.41, 5.74) is 1.42. The summed E-state index contributed by atoms with van der Waals surface area (Å²) in [7, 11) is 0. The summed E-state index contributed by atoms with van der Waals surface area (Å²) in [5, 5.41) is 0. The minimum atomic E-state index is -0.520. The fourth-order valence-corrected chi connectivity index (χ4v) is 1.66. The molecule has 1 amide bonds. The Kier molecular flexibility index (Phi) is 6.81. The minimum absolute atomic E-state index is 0. The van der Waals surface area contributed by atoms with Crippen LogP contribution in [0.5, 0.6) is 0 Å². The van der Waals surface area contributed by atoms with Crippen LogP contribution in [0.15, 0.2) is 35.3 Å². The zero-order chi connectivity index (χ0) is 15.4. The first kappa shape index (κ1) is 19.4. The maximum Gasteiger partial charge on any atom is 0.433 e. The summed E-state index contributed by atoms with van der Waals surface area (Å²) in [5.74, 6) is 0. The first-order valence-corrected chi connectivity index (χ1v) is 6.91. The van der Waals surface area contributed by atoms with E-state index in [4.69, 9.17) is 4.74 Å². The molecule has 3 nitrogen and oxygen atoms in total. The molecule has 1 aromatic carbocycles. The molecular formula is C18H29NO2. The van der Waals surface area contributed by atoms with Crippen molar-refractivity contribution < 1.29 is 9.53 Å². The van der Waals surface area contributed by atoms with Crippen LogP contribution in [0.3, 0.4) is 0 Å². The summed E-state index contributed by atoms with van der Waals surface area (Å²) in [6.45, 7) is 12.5. The fourth-order valence-electron chi connectivity index (χ4n) is 1.66. The van der Waals surface area contributed by atoms with Crippen molar-refractivity contribution in [1.29, 1.82) is 0 Å².